The minimum atomic E-state index is -2.50. The first kappa shape index (κ1) is 25.8. The molecule has 2 aromatic rings. The lowest BCUT2D eigenvalue weighted by Crippen LogP contribution is -2.29. The van der Waals surface area contributed by atoms with Crippen LogP contribution in [0.3, 0.4) is 0 Å². The summed E-state index contributed by atoms with van der Waals surface area (Å²) in [4.78, 5) is 29.5. The molecular formula is C24H31F2N5O5. The van der Waals surface area contributed by atoms with Gasteiger partial charge in [0, 0.05) is 33.0 Å². The maximum Gasteiger partial charge on any atom is 0.409 e. The van der Waals surface area contributed by atoms with E-state index in [-0.39, 0.29) is 31.1 Å². The van der Waals surface area contributed by atoms with Crippen LogP contribution in [0, 0.1) is 5.92 Å². The molecule has 36 heavy (non-hydrogen) atoms. The van der Waals surface area contributed by atoms with E-state index in [0.717, 1.165) is 36.3 Å². The van der Waals surface area contributed by atoms with Crippen molar-refractivity contribution in [3.05, 3.63) is 23.5 Å². The summed E-state index contributed by atoms with van der Waals surface area (Å²) in [6.45, 7) is -0.261. The lowest BCUT2D eigenvalue weighted by molar-refractivity contribution is -0.143. The number of aryl methyl sites for hydroxylation is 1. The van der Waals surface area contributed by atoms with Crippen molar-refractivity contribution in [3.8, 4) is 17.1 Å². The highest BCUT2D eigenvalue weighted by Gasteiger charge is 2.33. The fourth-order valence-corrected chi connectivity index (χ4v) is 4.36. The van der Waals surface area contributed by atoms with Crippen LogP contribution in [0.4, 0.5) is 13.6 Å². The van der Waals surface area contributed by atoms with E-state index in [4.69, 9.17) is 14.5 Å². The molecule has 2 aromatic heterocycles. The maximum absolute atomic E-state index is 12.4. The third kappa shape index (κ3) is 6.27. The Balaban J connectivity index is 1.48. The molecule has 0 unspecified atom stereocenters. The van der Waals surface area contributed by atoms with Crippen molar-refractivity contribution in [3.63, 3.8) is 0 Å². The topological polar surface area (TPSA) is 120 Å². The van der Waals surface area contributed by atoms with Crippen LogP contribution in [-0.4, -0.2) is 68.2 Å². The number of hydrogen-bond acceptors (Lipinski definition) is 7. The van der Waals surface area contributed by atoms with E-state index >= 15 is 0 Å². The molecule has 1 N–H and O–H groups in total. The second-order valence-electron chi connectivity index (χ2n) is 9.46. The summed E-state index contributed by atoms with van der Waals surface area (Å²) in [5.74, 6) is -0.245. The summed E-state index contributed by atoms with van der Waals surface area (Å²) in [7, 11) is 3.07. The standard InChI is InChI=1S/C24H31F2N5O5/c1-30(11-10-20(25)26)24(34)35-13-18-22(28-29-31(18)2)17-8-9-19(21(27-17)14-6-7-14)36-16-5-3-4-15(12-16)23(32)33/h8-9,14-16,20H,3-7,10-13H2,1-2H3,(H,32,33)/t15-,16-/m0/s1. The highest BCUT2D eigenvalue weighted by Crippen LogP contribution is 2.44. The molecule has 0 saturated heterocycles. The lowest BCUT2D eigenvalue weighted by atomic mass is 9.87. The van der Waals surface area contributed by atoms with Gasteiger partial charge in [0.2, 0.25) is 6.43 Å². The van der Waals surface area contributed by atoms with E-state index in [9.17, 15) is 23.5 Å². The molecule has 4 rings (SSSR count). The van der Waals surface area contributed by atoms with Crippen LogP contribution < -0.4 is 4.74 Å². The number of pyridine rings is 1. The van der Waals surface area contributed by atoms with Gasteiger partial charge >= 0.3 is 12.1 Å². The largest absolute Gasteiger partial charge is 0.488 e. The Bertz CT molecular complexity index is 1090. The molecule has 2 fully saturated rings. The molecule has 0 aliphatic heterocycles. The summed E-state index contributed by atoms with van der Waals surface area (Å²) < 4.78 is 37.9. The summed E-state index contributed by atoms with van der Waals surface area (Å²) >= 11 is 0. The van der Waals surface area contributed by atoms with Crippen molar-refractivity contribution in [2.75, 3.05) is 13.6 Å². The SMILES string of the molecule is CN(CCC(F)F)C(=O)OCc1c(-c2ccc(O[C@H]3CCC[C@H](C(=O)O)C3)c(C3CC3)n2)nnn1C. The lowest BCUT2D eigenvalue weighted by Gasteiger charge is -2.28. The second kappa shape index (κ2) is 11.2. The number of aliphatic carboxylic acids is 1. The molecule has 2 saturated carbocycles. The van der Waals surface area contributed by atoms with Gasteiger partial charge < -0.3 is 19.5 Å². The molecule has 0 spiro atoms. The number of rotatable bonds is 10. The van der Waals surface area contributed by atoms with Gasteiger partial charge in [-0.05, 0) is 50.7 Å². The first-order valence-electron chi connectivity index (χ1n) is 12.2. The van der Waals surface area contributed by atoms with Crippen LogP contribution in [0.5, 0.6) is 5.75 Å². The Morgan fingerprint density at radius 2 is 2.03 bits per heavy atom. The van der Waals surface area contributed by atoms with Crippen LogP contribution in [-0.2, 0) is 23.2 Å². The predicted molar refractivity (Wildman–Crippen MR) is 124 cm³/mol. The van der Waals surface area contributed by atoms with E-state index in [1.54, 1.807) is 13.1 Å². The number of nitrogens with zero attached hydrogens (tertiary/aromatic N) is 5. The maximum atomic E-state index is 12.4. The predicted octanol–water partition coefficient (Wildman–Crippen LogP) is 4.00. The molecule has 2 aliphatic rings. The first-order valence-corrected chi connectivity index (χ1v) is 12.2. The number of carbonyl (C=O) groups is 2. The molecule has 0 radical (unpaired) electrons. The first-order chi connectivity index (χ1) is 17.2. The van der Waals surface area contributed by atoms with E-state index in [1.165, 1.54) is 11.7 Å². The fraction of sp³-hybridized carbons (Fsp3) is 0.625. The van der Waals surface area contributed by atoms with Gasteiger partial charge in [0.25, 0.3) is 0 Å². The van der Waals surface area contributed by atoms with E-state index in [1.807, 2.05) is 6.07 Å². The fourth-order valence-electron chi connectivity index (χ4n) is 4.36. The van der Waals surface area contributed by atoms with Gasteiger partial charge in [-0.1, -0.05) is 5.21 Å². The number of hydrogen-bond donors (Lipinski definition) is 1. The van der Waals surface area contributed by atoms with E-state index in [2.05, 4.69) is 10.3 Å². The van der Waals surface area contributed by atoms with Crippen molar-refractivity contribution in [2.24, 2.45) is 13.0 Å². The van der Waals surface area contributed by atoms with Gasteiger partial charge in [-0.15, -0.1) is 5.10 Å². The number of ether oxygens (including phenoxy) is 2. The van der Waals surface area contributed by atoms with Crippen LogP contribution in [0.25, 0.3) is 11.4 Å². The zero-order valence-electron chi connectivity index (χ0n) is 20.4. The monoisotopic (exact) mass is 507 g/mol. The van der Waals surface area contributed by atoms with Gasteiger partial charge in [-0.2, -0.15) is 0 Å². The van der Waals surface area contributed by atoms with Gasteiger partial charge in [0.1, 0.15) is 23.7 Å². The number of carbonyl (C=O) groups excluding carboxylic acids is 1. The van der Waals surface area contributed by atoms with Gasteiger partial charge in [-0.3, -0.25) is 4.79 Å². The minimum Gasteiger partial charge on any atom is -0.488 e. The Morgan fingerprint density at radius 3 is 2.72 bits per heavy atom. The molecule has 0 bridgehead atoms. The molecule has 2 atom stereocenters. The van der Waals surface area contributed by atoms with E-state index in [0.29, 0.717) is 35.7 Å². The third-order valence-corrected chi connectivity index (χ3v) is 6.63. The number of amides is 1. The van der Waals surface area contributed by atoms with Gasteiger partial charge in [0.05, 0.1) is 23.4 Å². The van der Waals surface area contributed by atoms with Gasteiger partial charge in [0.15, 0.2) is 0 Å². The molecule has 0 aromatic carbocycles. The summed E-state index contributed by atoms with van der Waals surface area (Å²) in [6.07, 6.45) is 0.940. The van der Waals surface area contributed by atoms with Crippen molar-refractivity contribution in [1.82, 2.24) is 24.9 Å². The Hall–Kier alpha value is -3.31. The molecule has 10 nitrogen and oxygen atoms in total. The normalized spacial score (nSPS) is 19.8. The van der Waals surface area contributed by atoms with Crippen LogP contribution in [0.15, 0.2) is 12.1 Å². The second-order valence-corrected chi connectivity index (χ2v) is 9.46. The zero-order chi connectivity index (χ0) is 25.8. The number of aromatic nitrogens is 4. The van der Waals surface area contributed by atoms with E-state index < -0.39 is 24.9 Å². The smallest absolute Gasteiger partial charge is 0.409 e. The Labute approximate surface area is 207 Å². The Kier molecular flexibility index (Phi) is 8.00. The molecule has 1 amide bonds. The number of alkyl halides is 2. The average molecular weight is 508 g/mol. The molecule has 196 valence electrons. The van der Waals surface area contributed by atoms with Crippen molar-refractivity contribution in [2.45, 2.75) is 70.0 Å². The van der Waals surface area contributed by atoms with Crippen LogP contribution in [0.2, 0.25) is 0 Å². The van der Waals surface area contributed by atoms with Crippen molar-refractivity contribution in [1.29, 1.82) is 0 Å². The highest BCUT2D eigenvalue weighted by atomic mass is 19.3. The molecule has 2 aliphatic carbocycles. The third-order valence-electron chi connectivity index (χ3n) is 6.63. The number of halogens is 2. The Morgan fingerprint density at radius 1 is 1.25 bits per heavy atom. The van der Waals surface area contributed by atoms with Crippen LogP contribution >= 0.6 is 0 Å². The summed E-state index contributed by atoms with van der Waals surface area (Å²) in [6, 6.07) is 3.60. The minimum absolute atomic E-state index is 0.116. The molecular weight excluding hydrogens is 476 g/mol. The average Bonchev–Trinajstić information content (AvgIpc) is 3.64. The quantitative estimate of drug-likeness (QED) is 0.513. The molecule has 2 heterocycles. The van der Waals surface area contributed by atoms with Crippen molar-refractivity contribution >= 4 is 12.1 Å². The summed E-state index contributed by atoms with van der Waals surface area (Å²) in [5, 5.41) is 17.6. The van der Waals surface area contributed by atoms with Gasteiger partial charge in [-0.25, -0.2) is 23.2 Å². The molecule has 12 heteroatoms. The number of carboxylic acids is 1. The zero-order valence-corrected chi connectivity index (χ0v) is 20.4. The number of carboxylic acid groups (broad SMARTS) is 1. The highest BCUT2D eigenvalue weighted by molar-refractivity contribution is 5.70. The van der Waals surface area contributed by atoms with Crippen molar-refractivity contribution < 1.29 is 33.0 Å². The summed E-state index contributed by atoms with van der Waals surface area (Å²) in [5.41, 5.74) is 2.34. The van der Waals surface area contributed by atoms with Crippen LogP contribution in [0.1, 0.15) is 62.3 Å².